The number of ketones is 2. The molecule has 0 spiro atoms. The molecule has 0 aromatic rings. The third-order valence-corrected chi connectivity index (χ3v) is 9.43. The maximum atomic E-state index is 13.0. The number of Topliss-reactive ketones (excluding diaryl/α,β-unsaturated/α-hetero) is 2. The fourth-order valence-electron chi connectivity index (χ4n) is 6.49. The molecular weight excluding hydrogens is 690 g/mol. The maximum absolute atomic E-state index is 13.0. The number of nitrogens with two attached hydrogens (primary N) is 1. The Balaban J connectivity index is 2.32. The summed E-state index contributed by atoms with van der Waals surface area (Å²) in [5.41, 5.74) is 6.04. The quantitative estimate of drug-likeness (QED) is 0.193. The molecule has 14 nitrogen and oxygen atoms in total. The van der Waals surface area contributed by atoms with Gasteiger partial charge in [-0.25, -0.2) is 0 Å². The van der Waals surface area contributed by atoms with E-state index < -0.39 is 97.5 Å². The van der Waals surface area contributed by atoms with Crippen molar-refractivity contribution in [3.8, 4) is 0 Å². The molecule has 14 heteroatoms. The summed E-state index contributed by atoms with van der Waals surface area (Å²) in [6.45, 7) is 5.46. The molecule has 2 aliphatic rings. The van der Waals surface area contributed by atoms with Crippen LogP contribution in [0.15, 0.2) is 48.6 Å². The van der Waals surface area contributed by atoms with E-state index in [1.807, 2.05) is 13.0 Å². The van der Waals surface area contributed by atoms with Crippen molar-refractivity contribution in [3.63, 3.8) is 0 Å². The average molecular weight is 752 g/mol. The minimum atomic E-state index is -1.81. The molecule has 0 amide bonds. The molecule has 12 unspecified atom stereocenters. The fraction of sp³-hybridized carbons (Fsp3) is 0.692. The van der Waals surface area contributed by atoms with Gasteiger partial charge in [-0.15, -0.1) is 0 Å². The Morgan fingerprint density at radius 2 is 1.55 bits per heavy atom. The van der Waals surface area contributed by atoms with Crippen molar-refractivity contribution >= 4 is 23.5 Å². The van der Waals surface area contributed by atoms with Crippen LogP contribution in [0.2, 0.25) is 0 Å². The second-order valence-corrected chi connectivity index (χ2v) is 14.1. The minimum absolute atomic E-state index is 0.0128. The Bertz CT molecular complexity index is 1270. The van der Waals surface area contributed by atoms with E-state index in [-0.39, 0.29) is 50.4 Å². The molecule has 1 fully saturated rings. The van der Waals surface area contributed by atoms with Gasteiger partial charge >= 0.3 is 11.9 Å². The first-order valence-electron chi connectivity index (χ1n) is 18.8. The third kappa shape index (κ3) is 16.9. The SMILES string of the molecule is CCCC1C/C=C/C=C/C=C/C=C/C(OC2OC(C)CC(N)C2O)CC(O)C(C(=O)O)C(O)CC(=O)CC(O)CCCC(=O)CC(O)C(CC)C(=O)O1. The lowest BCUT2D eigenvalue weighted by Gasteiger charge is -2.38. The van der Waals surface area contributed by atoms with Crippen LogP contribution in [0, 0.1) is 11.8 Å². The van der Waals surface area contributed by atoms with Crippen molar-refractivity contribution in [2.24, 2.45) is 17.6 Å². The summed E-state index contributed by atoms with van der Waals surface area (Å²) in [7, 11) is 0. The molecule has 0 bridgehead atoms. The van der Waals surface area contributed by atoms with Crippen LogP contribution in [0.4, 0.5) is 0 Å². The van der Waals surface area contributed by atoms with Gasteiger partial charge in [-0.2, -0.15) is 0 Å². The summed E-state index contributed by atoms with van der Waals surface area (Å²) in [5.74, 6) is -5.78. The van der Waals surface area contributed by atoms with Crippen molar-refractivity contribution in [2.75, 3.05) is 0 Å². The van der Waals surface area contributed by atoms with E-state index in [0.29, 0.717) is 19.3 Å². The second kappa shape index (κ2) is 24.4. The van der Waals surface area contributed by atoms with E-state index in [9.17, 15) is 49.8 Å². The van der Waals surface area contributed by atoms with Gasteiger partial charge in [0.1, 0.15) is 29.7 Å². The Labute approximate surface area is 312 Å². The standard InChI is InChI=1S/C39H61NO13/c1-4-14-28-17-11-9-7-6-8-10-12-18-29(53-39-36(47)31(40)19-24(3)51-39)23-34(46)35(37(48)49)33(45)22-27(43)20-25(41)15-13-16-26(42)21-32(44)30(5-2)38(50)52-28/h6-12,18,24-25,28-36,39,41,44-47H,4-5,13-17,19-23,40H2,1-3H3,(H,48,49)/b7-6+,10-8+,11-9+,18-12+. The highest BCUT2D eigenvalue weighted by Gasteiger charge is 2.39. The number of carboxylic acid groups (broad SMARTS) is 1. The predicted octanol–water partition coefficient (Wildman–Crippen LogP) is 2.57. The molecule has 0 saturated carbocycles. The van der Waals surface area contributed by atoms with Crippen molar-refractivity contribution in [1.29, 1.82) is 0 Å². The molecule has 300 valence electrons. The lowest BCUT2D eigenvalue weighted by atomic mass is 9.88. The molecule has 0 aromatic heterocycles. The van der Waals surface area contributed by atoms with E-state index in [4.69, 9.17) is 19.9 Å². The average Bonchev–Trinajstić information content (AvgIpc) is 3.05. The van der Waals surface area contributed by atoms with Crippen LogP contribution in [0.25, 0.3) is 0 Å². The number of aliphatic hydroxyl groups is 5. The largest absolute Gasteiger partial charge is 0.481 e. The van der Waals surface area contributed by atoms with E-state index in [1.165, 1.54) is 6.08 Å². The highest BCUT2D eigenvalue weighted by molar-refractivity contribution is 5.81. The Morgan fingerprint density at radius 1 is 0.887 bits per heavy atom. The van der Waals surface area contributed by atoms with Crippen LogP contribution in [0.5, 0.6) is 0 Å². The van der Waals surface area contributed by atoms with Gasteiger partial charge in [0.2, 0.25) is 0 Å². The van der Waals surface area contributed by atoms with Crippen molar-refractivity contribution in [3.05, 3.63) is 48.6 Å². The maximum Gasteiger partial charge on any atom is 0.311 e. The molecule has 8 N–H and O–H groups in total. The predicted molar refractivity (Wildman–Crippen MR) is 195 cm³/mol. The summed E-state index contributed by atoms with van der Waals surface area (Å²) in [6.07, 6.45) is 4.54. The molecule has 12 atom stereocenters. The number of carboxylic acids is 1. The van der Waals surface area contributed by atoms with Crippen LogP contribution in [0.1, 0.15) is 97.8 Å². The highest BCUT2D eigenvalue weighted by atomic mass is 16.7. The van der Waals surface area contributed by atoms with Crippen LogP contribution in [-0.2, 0) is 33.4 Å². The molecule has 53 heavy (non-hydrogen) atoms. The molecule has 1 saturated heterocycles. The molecule has 0 radical (unpaired) electrons. The summed E-state index contributed by atoms with van der Waals surface area (Å²) < 4.78 is 17.4. The summed E-state index contributed by atoms with van der Waals surface area (Å²) in [6, 6.07) is -0.644. The summed E-state index contributed by atoms with van der Waals surface area (Å²) >= 11 is 0. The van der Waals surface area contributed by atoms with Crippen LogP contribution in [-0.4, -0.2) is 115 Å². The summed E-state index contributed by atoms with van der Waals surface area (Å²) in [5, 5.41) is 63.5. The monoisotopic (exact) mass is 751 g/mol. The van der Waals surface area contributed by atoms with Gasteiger partial charge in [0.15, 0.2) is 6.29 Å². The number of aliphatic carboxylic acids is 1. The first-order chi connectivity index (χ1) is 25.2. The van der Waals surface area contributed by atoms with E-state index in [0.717, 1.165) is 6.42 Å². The van der Waals surface area contributed by atoms with Gasteiger partial charge in [0.25, 0.3) is 0 Å². The highest BCUT2D eigenvalue weighted by Crippen LogP contribution is 2.26. The van der Waals surface area contributed by atoms with Crippen molar-refractivity contribution in [1.82, 2.24) is 0 Å². The number of aliphatic hydroxyl groups excluding tert-OH is 5. The lowest BCUT2D eigenvalue weighted by Crippen LogP contribution is -2.53. The molecule has 0 aliphatic carbocycles. The van der Waals surface area contributed by atoms with Crippen LogP contribution >= 0.6 is 0 Å². The fourth-order valence-corrected chi connectivity index (χ4v) is 6.49. The summed E-state index contributed by atoms with van der Waals surface area (Å²) in [4.78, 5) is 50.6. The van der Waals surface area contributed by atoms with Gasteiger partial charge in [-0.3, -0.25) is 19.2 Å². The van der Waals surface area contributed by atoms with Crippen molar-refractivity contribution in [2.45, 2.75) is 159 Å². The smallest absolute Gasteiger partial charge is 0.311 e. The number of rotatable bonds is 6. The third-order valence-electron chi connectivity index (χ3n) is 9.43. The van der Waals surface area contributed by atoms with E-state index in [2.05, 4.69) is 0 Å². The van der Waals surface area contributed by atoms with Gasteiger partial charge < -0.3 is 50.6 Å². The van der Waals surface area contributed by atoms with Crippen molar-refractivity contribution < 1.29 is 64.0 Å². The van der Waals surface area contributed by atoms with E-state index >= 15 is 0 Å². The molecular formula is C39H61NO13. The Morgan fingerprint density at radius 3 is 2.21 bits per heavy atom. The molecule has 0 aromatic carbocycles. The van der Waals surface area contributed by atoms with Crippen LogP contribution < -0.4 is 5.73 Å². The first-order valence-corrected chi connectivity index (χ1v) is 18.8. The number of cyclic esters (lactones) is 1. The second-order valence-electron chi connectivity index (χ2n) is 14.1. The Kier molecular flexibility index (Phi) is 21.2. The van der Waals surface area contributed by atoms with Gasteiger partial charge in [0, 0.05) is 44.6 Å². The van der Waals surface area contributed by atoms with Crippen LogP contribution in [0.3, 0.4) is 0 Å². The van der Waals surface area contributed by atoms with Gasteiger partial charge in [-0.1, -0.05) is 68.9 Å². The zero-order chi connectivity index (χ0) is 39.5. The normalized spacial score (nSPS) is 38.1. The number of ether oxygens (including phenoxy) is 3. The lowest BCUT2D eigenvalue weighted by molar-refractivity contribution is -0.254. The number of carbonyl (C=O) groups is 4. The molecule has 2 rings (SSSR count). The zero-order valence-corrected chi connectivity index (χ0v) is 31.2. The first kappa shape index (κ1) is 46.1. The Hall–Kier alpha value is -3.08. The number of hydrogen-bond acceptors (Lipinski definition) is 13. The number of esters is 1. The van der Waals surface area contributed by atoms with Gasteiger partial charge in [-0.05, 0) is 39.0 Å². The topological polar surface area (TPSA) is 243 Å². The zero-order valence-electron chi connectivity index (χ0n) is 31.2. The van der Waals surface area contributed by atoms with Gasteiger partial charge in [0.05, 0.1) is 42.5 Å². The number of carbonyl (C=O) groups excluding carboxylic acids is 3. The molecule has 2 aliphatic heterocycles. The minimum Gasteiger partial charge on any atom is -0.481 e. The number of allylic oxidation sites excluding steroid dienone is 6. The number of hydrogen-bond donors (Lipinski definition) is 7. The molecule has 2 heterocycles. The van der Waals surface area contributed by atoms with E-state index in [1.54, 1.807) is 50.3 Å².